The number of halogens is 1. The first kappa shape index (κ1) is 25.4. The first-order valence-corrected chi connectivity index (χ1v) is 12.6. The number of hydrogen-bond donors (Lipinski definition) is 2. The highest BCUT2D eigenvalue weighted by Crippen LogP contribution is 2.22. The van der Waals surface area contributed by atoms with Crippen molar-refractivity contribution in [3.05, 3.63) is 24.0 Å². The van der Waals surface area contributed by atoms with Crippen LogP contribution in [0.1, 0.15) is 58.3 Å². The number of amides is 2. The van der Waals surface area contributed by atoms with Crippen molar-refractivity contribution in [2.24, 2.45) is 5.14 Å². The van der Waals surface area contributed by atoms with E-state index in [-0.39, 0.29) is 11.7 Å². The molecule has 0 saturated carbocycles. The SMILES string of the molecule is CCCCCCCCCCN1CCN(C(=O)Nc2ccc(OS(N)(=O)=O)c(F)c2)CC1. The highest BCUT2D eigenvalue weighted by atomic mass is 32.2. The summed E-state index contributed by atoms with van der Waals surface area (Å²) in [5, 5.41) is 7.36. The lowest BCUT2D eigenvalue weighted by Gasteiger charge is -2.34. The Bertz CT molecular complexity index is 799. The molecule has 1 heterocycles. The number of urea groups is 1. The van der Waals surface area contributed by atoms with Gasteiger partial charge in [0.05, 0.1) is 0 Å². The van der Waals surface area contributed by atoms with Gasteiger partial charge in [-0.3, -0.25) is 4.90 Å². The Kier molecular flexibility index (Phi) is 10.5. The Morgan fingerprint density at radius 1 is 1.06 bits per heavy atom. The lowest BCUT2D eigenvalue weighted by molar-refractivity contribution is 0.145. The van der Waals surface area contributed by atoms with Crippen molar-refractivity contribution in [2.45, 2.75) is 58.3 Å². The number of nitrogens with zero attached hydrogens (tertiary/aromatic N) is 2. The molecular weight excluding hydrogens is 423 g/mol. The van der Waals surface area contributed by atoms with Gasteiger partial charge in [-0.25, -0.2) is 9.18 Å². The van der Waals surface area contributed by atoms with E-state index in [1.54, 1.807) is 4.90 Å². The van der Waals surface area contributed by atoms with E-state index in [0.29, 0.717) is 13.1 Å². The fourth-order valence-electron chi connectivity index (χ4n) is 3.62. The van der Waals surface area contributed by atoms with Gasteiger partial charge in [0.2, 0.25) is 0 Å². The van der Waals surface area contributed by atoms with E-state index in [4.69, 9.17) is 5.14 Å². The van der Waals surface area contributed by atoms with Gasteiger partial charge in [0.15, 0.2) is 11.6 Å². The van der Waals surface area contributed by atoms with Gasteiger partial charge in [0.1, 0.15) is 0 Å². The van der Waals surface area contributed by atoms with E-state index in [9.17, 15) is 17.6 Å². The second-order valence-corrected chi connectivity index (χ2v) is 9.11. The molecule has 8 nitrogen and oxygen atoms in total. The molecule has 176 valence electrons. The highest BCUT2D eigenvalue weighted by molar-refractivity contribution is 7.84. The Morgan fingerprint density at radius 3 is 2.26 bits per heavy atom. The van der Waals surface area contributed by atoms with E-state index < -0.39 is 21.9 Å². The van der Waals surface area contributed by atoms with Gasteiger partial charge < -0.3 is 14.4 Å². The molecule has 1 aliphatic rings. The minimum absolute atomic E-state index is 0.214. The molecule has 1 saturated heterocycles. The molecule has 31 heavy (non-hydrogen) atoms. The zero-order valence-electron chi connectivity index (χ0n) is 18.3. The topological polar surface area (TPSA) is 105 Å². The van der Waals surface area contributed by atoms with Gasteiger partial charge in [0, 0.05) is 37.9 Å². The first-order valence-electron chi connectivity index (χ1n) is 11.1. The van der Waals surface area contributed by atoms with E-state index in [2.05, 4.69) is 21.3 Å². The maximum Gasteiger partial charge on any atom is 0.380 e. The predicted octanol–water partition coefficient (Wildman–Crippen LogP) is 3.70. The molecule has 10 heteroatoms. The van der Waals surface area contributed by atoms with Crippen LogP contribution < -0.4 is 14.6 Å². The van der Waals surface area contributed by atoms with Crippen molar-refractivity contribution in [1.29, 1.82) is 0 Å². The van der Waals surface area contributed by atoms with Crippen LogP contribution in [0.3, 0.4) is 0 Å². The average molecular weight is 459 g/mol. The molecule has 0 atom stereocenters. The van der Waals surface area contributed by atoms with Gasteiger partial charge in [-0.2, -0.15) is 13.6 Å². The quantitative estimate of drug-likeness (QED) is 0.465. The summed E-state index contributed by atoms with van der Waals surface area (Å²) in [5.41, 5.74) is 0.214. The second-order valence-electron chi connectivity index (χ2n) is 7.96. The van der Waals surface area contributed by atoms with Crippen LogP contribution in [0.4, 0.5) is 14.9 Å². The van der Waals surface area contributed by atoms with Crippen molar-refractivity contribution < 1.29 is 21.8 Å². The second kappa shape index (κ2) is 12.8. The van der Waals surface area contributed by atoms with Gasteiger partial charge in [-0.05, 0) is 25.1 Å². The third-order valence-electron chi connectivity index (χ3n) is 5.38. The number of rotatable bonds is 12. The fourth-order valence-corrected chi connectivity index (χ4v) is 4.00. The minimum atomic E-state index is -4.31. The Morgan fingerprint density at radius 2 is 1.68 bits per heavy atom. The summed E-state index contributed by atoms with van der Waals surface area (Å²) in [6.07, 6.45) is 10.4. The van der Waals surface area contributed by atoms with Crippen LogP contribution in [0.2, 0.25) is 0 Å². The predicted molar refractivity (Wildman–Crippen MR) is 120 cm³/mol. The summed E-state index contributed by atoms with van der Waals surface area (Å²) >= 11 is 0. The van der Waals surface area contributed by atoms with E-state index in [1.165, 1.54) is 57.4 Å². The van der Waals surface area contributed by atoms with Gasteiger partial charge in [-0.1, -0.05) is 51.9 Å². The van der Waals surface area contributed by atoms with Crippen molar-refractivity contribution in [3.8, 4) is 5.75 Å². The third kappa shape index (κ3) is 9.84. The lowest BCUT2D eigenvalue weighted by Crippen LogP contribution is -2.50. The molecule has 0 spiro atoms. The first-order chi connectivity index (χ1) is 14.8. The van der Waals surface area contributed by atoms with E-state index in [0.717, 1.165) is 31.8 Å². The van der Waals surface area contributed by atoms with Crippen LogP contribution >= 0.6 is 0 Å². The summed E-state index contributed by atoms with van der Waals surface area (Å²) in [6.45, 7) is 6.14. The fraction of sp³-hybridized carbons (Fsp3) is 0.667. The summed E-state index contributed by atoms with van der Waals surface area (Å²) in [4.78, 5) is 16.5. The molecule has 2 amide bonds. The van der Waals surface area contributed by atoms with Gasteiger partial charge in [-0.15, -0.1) is 0 Å². The number of piperazine rings is 1. The van der Waals surface area contributed by atoms with Crippen LogP contribution in [-0.2, 0) is 10.3 Å². The number of nitrogens with two attached hydrogens (primary N) is 1. The summed E-state index contributed by atoms with van der Waals surface area (Å²) in [5.74, 6) is -1.45. The monoisotopic (exact) mass is 458 g/mol. The van der Waals surface area contributed by atoms with Gasteiger partial charge >= 0.3 is 16.3 Å². The highest BCUT2D eigenvalue weighted by Gasteiger charge is 2.21. The molecule has 1 aliphatic heterocycles. The van der Waals surface area contributed by atoms with Crippen molar-refractivity contribution in [3.63, 3.8) is 0 Å². The number of benzene rings is 1. The van der Waals surface area contributed by atoms with E-state index in [1.807, 2.05) is 0 Å². The normalized spacial score (nSPS) is 15.1. The van der Waals surface area contributed by atoms with Crippen molar-refractivity contribution in [1.82, 2.24) is 9.80 Å². The molecule has 0 bridgehead atoms. The molecule has 0 aromatic heterocycles. The Hall–Kier alpha value is -1.91. The average Bonchev–Trinajstić information content (AvgIpc) is 2.71. The molecule has 1 aromatic rings. The maximum absolute atomic E-state index is 14.0. The zero-order valence-corrected chi connectivity index (χ0v) is 19.1. The summed E-state index contributed by atoms with van der Waals surface area (Å²) in [7, 11) is -4.31. The molecule has 2 rings (SSSR count). The number of anilines is 1. The lowest BCUT2D eigenvalue weighted by atomic mass is 10.1. The largest absolute Gasteiger partial charge is 0.380 e. The van der Waals surface area contributed by atoms with Crippen LogP contribution in [0.15, 0.2) is 18.2 Å². The molecule has 1 aromatic carbocycles. The number of carbonyl (C=O) groups excluding carboxylic acids is 1. The Labute approximate surface area is 185 Å². The number of hydrogen-bond acceptors (Lipinski definition) is 5. The summed E-state index contributed by atoms with van der Waals surface area (Å²) in [6, 6.07) is 3.15. The maximum atomic E-state index is 14.0. The number of carbonyl (C=O) groups is 1. The van der Waals surface area contributed by atoms with Crippen LogP contribution in [-0.4, -0.2) is 57.0 Å². The van der Waals surface area contributed by atoms with Crippen molar-refractivity contribution >= 4 is 22.0 Å². The standard InChI is InChI=1S/C21H35FN4O4S/c1-2-3-4-5-6-7-8-9-12-25-13-15-26(16-14-25)21(27)24-18-10-11-20(19(22)17-18)30-31(23,28)29/h10-11,17H,2-9,12-16H2,1H3,(H,24,27)(H2,23,28,29). The molecular formula is C21H35FN4O4S. The molecule has 1 fully saturated rings. The Balaban J connectivity index is 1.66. The molecule has 3 N–H and O–H groups in total. The smallest absolute Gasteiger partial charge is 0.368 e. The van der Waals surface area contributed by atoms with Crippen molar-refractivity contribution in [2.75, 3.05) is 38.0 Å². The van der Waals surface area contributed by atoms with Crippen LogP contribution in [0, 0.1) is 5.82 Å². The molecule has 0 unspecified atom stereocenters. The zero-order chi connectivity index (χ0) is 22.7. The minimum Gasteiger partial charge on any atom is -0.368 e. The van der Waals surface area contributed by atoms with Crippen LogP contribution in [0.25, 0.3) is 0 Å². The number of unbranched alkanes of at least 4 members (excludes halogenated alkanes) is 7. The van der Waals surface area contributed by atoms with Crippen LogP contribution in [0.5, 0.6) is 5.75 Å². The van der Waals surface area contributed by atoms with Gasteiger partial charge in [0.25, 0.3) is 0 Å². The summed E-state index contributed by atoms with van der Waals surface area (Å²) < 4.78 is 40.1. The molecule has 0 aliphatic carbocycles. The number of nitrogens with one attached hydrogen (secondary N) is 1. The molecule has 0 radical (unpaired) electrons. The van der Waals surface area contributed by atoms with E-state index >= 15 is 0 Å². The third-order valence-corrected chi connectivity index (χ3v) is 5.79.